The van der Waals surface area contributed by atoms with Crippen molar-refractivity contribution in [3.8, 4) is 5.69 Å². The fraction of sp³-hybridized carbons (Fsp3) is 0.321. The Bertz CT molecular complexity index is 1080. The third-order valence-electron chi connectivity index (χ3n) is 6.04. The van der Waals surface area contributed by atoms with Gasteiger partial charge in [0.15, 0.2) is 0 Å². The maximum Gasteiger partial charge on any atom is 0.246 e. The minimum absolute atomic E-state index is 0.122. The molecule has 0 aliphatic rings. The lowest BCUT2D eigenvalue weighted by Crippen LogP contribution is -2.48. The van der Waals surface area contributed by atoms with E-state index in [1.807, 2.05) is 90.6 Å². The van der Waals surface area contributed by atoms with Crippen LogP contribution in [0.15, 0.2) is 79.1 Å². The largest absolute Gasteiger partial charge is 0.344 e. The van der Waals surface area contributed by atoms with Gasteiger partial charge in [-0.1, -0.05) is 50.1 Å². The van der Waals surface area contributed by atoms with Crippen molar-refractivity contribution in [2.75, 3.05) is 11.9 Å². The Morgan fingerprint density at radius 2 is 1.67 bits per heavy atom. The van der Waals surface area contributed by atoms with E-state index in [4.69, 9.17) is 0 Å². The zero-order chi connectivity index (χ0) is 25.8. The number of hydroxylamine groups is 2. The second-order valence-electron chi connectivity index (χ2n) is 8.78. The van der Waals surface area contributed by atoms with Crippen molar-refractivity contribution in [2.45, 2.75) is 45.1 Å². The minimum Gasteiger partial charge on any atom is -0.344 e. The Kier molecular flexibility index (Phi) is 10.3. The molecule has 1 aromatic heterocycles. The highest BCUT2D eigenvalue weighted by Crippen LogP contribution is 2.16. The van der Waals surface area contributed by atoms with Crippen molar-refractivity contribution in [1.82, 2.24) is 14.9 Å². The summed E-state index contributed by atoms with van der Waals surface area (Å²) in [6, 6.07) is 20.3. The van der Waals surface area contributed by atoms with Gasteiger partial charge in [0.1, 0.15) is 6.04 Å². The van der Waals surface area contributed by atoms with Crippen LogP contribution in [0.3, 0.4) is 0 Å². The summed E-state index contributed by atoms with van der Waals surface area (Å²) in [5.41, 5.74) is 2.65. The van der Waals surface area contributed by atoms with Crippen LogP contribution in [-0.2, 0) is 20.8 Å². The van der Waals surface area contributed by atoms with Gasteiger partial charge in [0.05, 0.1) is 12.5 Å². The number of carbonyl (C=O) groups is 3. The molecule has 3 rings (SSSR count). The predicted molar refractivity (Wildman–Crippen MR) is 139 cm³/mol. The first-order valence-electron chi connectivity index (χ1n) is 12.3. The number of hydrogen-bond acceptors (Lipinski definition) is 4. The van der Waals surface area contributed by atoms with Gasteiger partial charge >= 0.3 is 0 Å². The highest BCUT2D eigenvalue weighted by molar-refractivity contribution is 5.97. The number of unbranched alkanes of at least 4 members (excludes halogenated alkanes) is 1. The average Bonchev–Trinajstić information content (AvgIpc) is 3.44. The second-order valence-corrected chi connectivity index (χ2v) is 8.78. The lowest BCUT2D eigenvalue weighted by atomic mass is 9.99. The van der Waals surface area contributed by atoms with Crippen molar-refractivity contribution in [1.29, 1.82) is 0 Å². The van der Waals surface area contributed by atoms with Gasteiger partial charge < -0.3 is 15.2 Å². The monoisotopic (exact) mass is 490 g/mol. The highest BCUT2D eigenvalue weighted by Gasteiger charge is 2.26. The fourth-order valence-corrected chi connectivity index (χ4v) is 3.99. The van der Waals surface area contributed by atoms with E-state index in [1.54, 1.807) is 0 Å². The average molecular weight is 491 g/mol. The SMILES string of the molecule is CCCC[C@H](CN(O)C=O)C(=O)N[C@@H](CCc1ccccc1)C(=O)Nc1ccc(-n2cccc2)cc1. The number of nitrogens with one attached hydrogen (secondary N) is 2. The third kappa shape index (κ3) is 8.09. The number of anilines is 1. The Hall–Kier alpha value is -3.91. The Morgan fingerprint density at radius 1 is 0.972 bits per heavy atom. The first-order valence-corrected chi connectivity index (χ1v) is 12.3. The number of carbonyl (C=O) groups excluding carboxylic acids is 3. The summed E-state index contributed by atoms with van der Waals surface area (Å²) in [6.45, 7) is 1.88. The highest BCUT2D eigenvalue weighted by atomic mass is 16.5. The number of benzene rings is 2. The van der Waals surface area contributed by atoms with Gasteiger partial charge in [-0.3, -0.25) is 19.6 Å². The van der Waals surface area contributed by atoms with Crippen LogP contribution in [-0.4, -0.2) is 45.6 Å². The van der Waals surface area contributed by atoms with Crippen molar-refractivity contribution in [2.24, 2.45) is 5.92 Å². The maximum absolute atomic E-state index is 13.3. The van der Waals surface area contributed by atoms with Crippen molar-refractivity contribution < 1.29 is 19.6 Å². The summed E-state index contributed by atoms with van der Waals surface area (Å²) >= 11 is 0. The van der Waals surface area contributed by atoms with Gasteiger partial charge in [-0.15, -0.1) is 0 Å². The number of amides is 3. The van der Waals surface area contributed by atoms with Crippen molar-refractivity contribution in [3.05, 3.63) is 84.7 Å². The molecule has 8 nitrogen and oxygen atoms in total. The van der Waals surface area contributed by atoms with Gasteiger partial charge in [-0.25, -0.2) is 5.06 Å². The molecule has 190 valence electrons. The van der Waals surface area contributed by atoms with Gasteiger partial charge in [-0.2, -0.15) is 0 Å². The first-order chi connectivity index (χ1) is 17.5. The Morgan fingerprint density at radius 3 is 2.31 bits per heavy atom. The molecule has 2 aromatic carbocycles. The van der Waals surface area contributed by atoms with E-state index >= 15 is 0 Å². The summed E-state index contributed by atoms with van der Waals surface area (Å²) in [6.07, 6.45) is 7.30. The third-order valence-corrected chi connectivity index (χ3v) is 6.04. The molecule has 0 spiro atoms. The second kappa shape index (κ2) is 13.8. The van der Waals surface area contributed by atoms with E-state index in [0.29, 0.717) is 30.0 Å². The molecule has 0 bridgehead atoms. The summed E-state index contributed by atoms with van der Waals surface area (Å²) in [5.74, 6) is -1.30. The Balaban J connectivity index is 1.71. The lowest BCUT2D eigenvalue weighted by molar-refractivity contribution is -0.155. The van der Waals surface area contributed by atoms with E-state index in [9.17, 15) is 19.6 Å². The van der Waals surface area contributed by atoms with Crippen LogP contribution in [0.4, 0.5) is 5.69 Å². The summed E-state index contributed by atoms with van der Waals surface area (Å²) in [7, 11) is 0. The van der Waals surface area contributed by atoms with Crippen LogP contribution in [0, 0.1) is 5.92 Å². The van der Waals surface area contributed by atoms with Crippen LogP contribution >= 0.6 is 0 Å². The number of nitrogens with zero attached hydrogens (tertiary/aromatic N) is 2. The quantitative estimate of drug-likeness (QED) is 0.179. The van der Waals surface area contributed by atoms with Crippen molar-refractivity contribution >= 4 is 23.9 Å². The standard InChI is InChI=1S/C28H34N4O4/c1-2-3-11-23(20-32(36)21-33)27(34)30-26(17-12-22-9-5-4-6-10-22)28(35)29-24-13-15-25(16-14-24)31-18-7-8-19-31/h4-10,13-16,18-19,21,23,26,36H,2-3,11-12,17,20H2,1H3,(H,29,35)(H,30,34)/t23-,26+/m1/s1. The van der Waals surface area contributed by atoms with E-state index in [0.717, 1.165) is 24.1 Å². The molecule has 3 aromatic rings. The van der Waals surface area contributed by atoms with E-state index in [2.05, 4.69) is 10.6 Å². The molecule has 0 saturated heterocycles. The summed E-state index contributed by atoms with van der Waals surface area (Å²) in [5, 5.41) is 15.9. The molecule has 0 saturated carbocycles. The van der Waals surface area contributed by atoms with Gasteiger partial charge in [-0.05, 0) is 61.2 Å². The molecule has 0 radical (unpaired) electrons. The van der Waals surface area contributed by atoms with Crippen LogP contribution < -0.4 is 10.6 Å². The zero-order valence-electron chi connectivity index (χ0n) is 20.5. The molecule has 3 N–H and O–H groups in total. The number of rotatable bonds is 14. The Labute approximate surface area is 211 Å². The molecule has 3 amide bonds. The molecule has 2 atom stereocenters. The maximum atomic E-state index is 13.3. The molecular weight excluding hydrogens is 456 g/mol. The molecule has 8 heteroatoms. The first kappa shape index (κ1) is 26.7. The van der Waals surface area contributed by atoms with Gasteiger partial charge in [0.25, 0.3) is 0 Å². The van der Waals surface area contributed by atoms with Crippen LogP contribution in [0.25, 0.3) is 5.69 Å². The minimum atomic E-state index is -0.783. The molecule has 1 heterocycles. The smallest absolute Gasteiger partial charge is 0.246 e. The normalized spacial score (nSPS) is 12.4. The molecule has 0 unspecified atom stereocenters. The molecular formula is C28H34N4O4. The summed E-state index contributed by atoms with van der Waals surface area (Å²) in [4.78, 5) is 37.3. The van der Waals surface area contributed by atoms with E-state index < -0.39 is 12.0 Å². The number of aromatic nitrogens is 1. The summed E-state index contributed by atoms with van der Waals surface area (Å²) < 4.78 is 1.97. The zero-order valence-corrected chi connectivity index (χ0v) is 20.5. The van der Waals surface area contributed by atoms with Crippen LogP contribution in [0.2, 0.25) is 0 Å². The lowest BCUT2D eigenvalue weighted by Gasteiger charge is -2.24. The molecule has 0 aliphatic carbocycles. The topological polar surface area (TPSA) is 104 Å². The van der Waals surface area contributed by atoms with Gasteiger partial charge in [0, 0.05) is 23.8 Å². The molecule has 0 fully saturated rings. The number of aryl methyl sites for hydroxylation is 1. The van der Waals surface area contributed by atoms with Gasteiger partial charge in [0.2, 0.25) is 18.2 Å². The van der Waals surface area contributed by atoms with E-state index in [-0.39, 0.29) is 24.8 Å². The fourth-order valence-electron chi connectivity index (χ4n) is 3.99. The van der Waals surface area contributed by atoms with Crippen molar-refractivity contribution in [3.63, 3.8) is 0 Å². The predicted octanol–water partition coefficient (Wildman–Crippen LogP) is 4.19. The van der Waals surface area contributed by atoms with Crippen LogP contribution in [0.5, 0.6) is 0 Å². The van der Waals surface area contributed by atoms with E-state index in [1.165, 1.54) is 0 Å². The molecule has 0 aliphatic heterocycles. The van der Waals surface area contributed by atoms with Crippen LogP contribution in [0.1, 0.15) is 38.2 Å². The molecule has 36 heavy (non-hydrogen) atoms. The number of hydrogen-bond donors (Lipinski definition) is 3.